The van der Waals surface area contributed by atoms with Crippen molar-refractivity contribution < 1.29 is 40.4 Å². The first-order chi connectivity index (χ1) is 8.60. The van der Waals surface area contributed by atoms with Gasteiger partial charge in [0, 0.05) is 5.56 Å². The number of aromatic carboxylic acids is 1. The van der Waals surface area contributed by atoms with Gasteiger partial charge in [0.25, 0.3) is 0 Å². The highest BCUT2D eigenvalue weighted by atomic mass is 32.2. The second-order valence-electron chi connectivity index (χ2n) is 3.11. The van der Waals surface area contributed by atoms with E-state index < -0.39 is 38.7 Å². The predicted molar refractivity (Wildman–Crippen MR) is 52.9 cm³/mol. The summed E-state index contributed by atoms with van der Waals surface area (Å²) in [5.41, 5.74) is -6.58. The molecular formula is C9H6F3O6S-. The number of carboxylic acids is 1. The van der Waals surface area contributed by atoms with E-state index in [1.165, 1.54) is 0 Å². The minimum absolute atomic E-state index is 0.491. The Balaban J connectivity index is 3.39. The van der Waals surface area contributed by atoms with Crippen LogP contribution in [0.5, 0.6) is 11.5 Å². The first-order valence-electron chi connectivity index (χ1n) is 4.49. The average molecular weight is 299 g/mol. The SMILES string of the molecule is COc1cccc(C(=O)[O-])c1OS(=O)(=O)C(F)(F)F. The number of hydrogen-bond donors (Lipinski definition) is 0. The first-order valence-corrected chi connectivity index (χ1v) is 5.90. The smallest absolute Gasteiger partial charge is 0.534 e. The molecule has 0 aliphatic heterocycles. The number of carbonyl (C=O) groups is 1. The van der Waals surface area contributed by atoms with E-state index in [1.54, 1.807) is 0 Å². The Morgan fingerprint density at radius 3 is 2.32 bits per heavy atom. The number of carboxylic acid groups (broad SMARTS) is 1. The van der Waals surface area contributed by atoms with Crippen molar-refractivity contribution >= 4 is 16.1 Å². The Morgan fingerprint density at radius 1 is 1.32 bits per heavy atom. The van der Waals surface area contributed by atoms with Crippen LogP contribution in [0.4, 0.5) is 13.2 Å². The number of ether oxygens (including phenoxy) is 1. The molecule has 0 saturated carbocycles. The first kappa shape index (κ1) is 15.1. The van der Waals surface area contributed by atoms with Crippen molar-refractivity contribution in [2.75, 3.05) is 7.11 Å². The number of carbonyl (C=O) groups excluding carboxylic acids is 1. The van der Waals surface area contributed by atoms with Gasteiger partial charge in [-0.25, -0.2) is 0 Å². The number of halogens is 3. The molecule has 0 aliphatic rings. The maximum atomic E-state index is 12.2. The zero-order chi connectivity index (χ0) is 14.8. The van der Waals surface area contributed by atoms with Gasteiger partial charge >= 0.3 is 15.6 Å². The molecular weight excluding hydrogens is 293 g/mol. The number of para-hydroxylation sites is 1. The Bertz CT molecular complexity index is 592. The summed E-state index contributed by atoms with van der Waals surface area (Å²) in [5, 5.41) is 10.7. The minimum Gasteiger partial charge on any atom is -0.545 e. The van der Waals surface area contributed by atoms with E-state index in [2.05, 4.69) is 8.92 Å². The predicted octanol–water partition coefficient (Wildman–Crippen LogP) is 0.287. The summed E-state index contributed by atoms with van der Waals surface area (Å²) in [5.74, 6) is -3.50. The average Bonchev–Trinajstić information content (AvgIpc) is 2.26. The summed E-state index contributed by atoms with van der Waals surface area (Å²) in [6.45, 7) is 0. The monoisotopic (exact) mass is 299 g/mol. The standard InChI is InChI=1S/C9H7F3O6S/c1-17-6-4-2-3-5(8(13)14)7(6)18-19(15,16)9(10,11)12/h2-4H,1H3,(H,13,14)/p-1. The topological polar surface area (TPSA) is 92.7 Å². The van der Waals surface area contributed by atoms with Crippen molar-refractivity contribution in [3.8, 4) is 11.5 Å². The van der Waals surface area contributed by atoms with E-state index in [4.69, 9.17) is 0 Å². The zero-order valence-corrected chi connectivity index (χ0v) is 10.0. The molecule has 106 valence electrons. The van der Waals surface area contributed by atoms with Gasteiger partial charge in [0.1, 0.15) is 0 Å². The molecule has 0 fully saturated rings. The minimum atomic E-state index is -6.01. The molecule has 1 aromatic rings. The number of hydrogen-bond acceptors (Lipinski definition) is 6. The summed E-state index contributed by atoms with van der Waals surface area (Å²) in [6.07, 6.45) is 0. The molecule has 0 amide bonds. The molecule has 0 spiro atoms. The summed E-state index contributed by atoms with van der Waals surface area (Å²) in [7, 11) is -5.01. The lowest BCUT2D eigenvalue weighted by molar-refractivity contribution is -0.255. The fourth-order valence-corrected chi connectivity index (χ4v) is 1.57. The van der Waals surface area contributed by atoms with Gasteiger partial charge in [-0.1, -0.05) is 6.07 Å². The van der Waals surface area contributed by atoms with Crippen LogP contribution in [0.25, 0.3) is 0 Å². The molecule has 6 nitrogen and oxygen atoms in total. The van der Waals surface area contributed by atoms with E-state index >= 15 is 0 Å². The lowest BCUT2D eigenvalue weighted by Gasteiger charge is -2.15. The quantitative estimate of drug-likeness (QED) is 0.586. The van der Waals surface area contributed by atoms with Crippen LogP contribution in [0.1, 0.15) is 10.4 Å². The van der Waals surface area contributed by atoms with Crippen molar-refractivity contribution in [3.05, 3.63) is 23.8 Å². The highest BCUT2D eigenvalue weighted by Gasteiger charge is 2.49. The third-order valence-corrected chi connectivity index (χ3v) is 2.85. The van der Waals surface area contributed by atoms with Gasteiger partial charge in [-0.15, -0.1) is 0 Å². The molecule has 10 heteroatoms. The molecule has 0 unspecified atom stereocenters. The van der Waals surface area contributed by atoms with Gasteiger partial charge < -0.3 is 18.8 Å². The Labute approximate surface area is 105 Å². The molecule has 0 aliphatic carbocycles. The Kier molecular flexibility index (Phi) is 3.94. The van der Waals surface area contributed by atoms with Crippen molar-refractivity contribution in [1.29, 1.82) is 0 Å². The maximum Gasteiger partial charge on any atom is 0.534 e. The van der Waals surface area contributed by atoms with Crippen LogP contribution in [0, 0.1) is 0 Å². The molecule has 1 aromatic carbocycles. The van der Waals surface area contributed by atoms with Crippen LogP contribution >= 0.6 is 0 Å². The van der Waals surface area contributed by atoms with Crippen LogP contribution in [-0.2, 0) is 10.1 Å². The van der Waals surface area contributed by atoms with E-state index in [0.717, 1.165) is 25.3 Å². The molecule has 19 heavy (non-hydrogen) atoms. The van der Waals surface area contributed by atoms with Gasteiger partial charge in [0.05, 0.1) is 13.1 Å². The Morgan fingerprint density at radius 2 is 1.89 bits per heavy atom. The lowest BCUT2D eigenvalue weighted by Crippen LogP contribution is -2.30. The normalized spacial score (nSPS) is 12.0. The molecule has 0 radical (unpaired) electrons. The largest absolute Gasteiger partial charge is 0.545 e. The molecule has 0 aromatic heterocycles. The zero-order valence-electron chi connectivity index (χ0n) is 9.22. The highest BCUT2D eigenvalue weighted by Crippen LogP contribution is 2.35. The van der Waals surface area contributed by atoms with Crippen molar-refractivity contribution in [2.45, 2.75) is 5.51 Å². The summed E-state index contributed by atoms with van der Waals surface area (Å²) in [4.78, 5) is 10.7. The molecule has 0 heterocycles. The van der Waals surface area contributed by atoms with Crippen LogP contribution < -0.4 is 14.0 Å². The summed E-state index contributed by atoms with van der Waals surface area (Å²) >= 11 is 0. The van der Waals surface area contributed by atoms with Crippen LogP contribution in [0.2, 0.25) is 0 Å². The number of benzene rings is 1. The Hall–Kier alpha value is -1.97. The number of alkyl halides is 3. The van der Waals surface area contributed by atoms with E-state index in [9.17, 15) is 31.5 Å². The summed E-state index contributed by atoms with van der Waals surface area (Å²) < 4.78 is 66.5. The van der Waals surface area contributed by atoms with E-state index in [1.807, 2.05) is 0 Å². The van der Waals surface area contributed by atoms with E-state index in [-0.39, 0.29) is 0 Å². The van der Waals surface area contributed by atoms with Gasteiger partial charge in [-0.05, 0) is 12.1 Å². The second kappa shape index (κ2) is 4.96. The van der Waals surface area contributed by atoms with Gasteiger partial charge in [-0.3, -0.25) is 0 Å². The number of methoxy groups -OCH3 is 1. The van der Waals surface area contributed by atoms with Crippen LogP contribution in [0.15, 0.2) is 18.2 Å². The highest BCUT2D eigenvalue weighted by molar-refractivity contribution is 7.88. The second-order valence-corrected chi connectivity index (χ2v) is 4.65. The van der Waals surface area contributed by atoms with E-state index in [0.29, 0.717) is 0 Å². The van der Waals surface area contributed by atoms with Crippen molar-refractivity contribution in [1.82, 2.24) is 0 Å². The van der Waals surface area contributed by atoms with Crippen LogP contribution in [0.3, 0.4) is 0 Å². The summed E-state index contributed by atoms with van der Waals surface area (Å²) in [6, 6.07) is 2.98. The lowest BCUT2D eigenvalue weighted by atomic mass is 10.2. The molecule has 0 saturated heterocycles. The fourth-order valence-electron chi connectivity index (χ4n) is 1.08. The van der Waals surface area contributed by atoms with Gasteiger partial charge in [0.2, 0.25) is 0 Å². The maximum absolute atomic E-state index is 12.2. The third-order valence-electron chi connectivity index (χ3n) is 1.90. The van der Waals surface area contributed by atoms with Crippen LogP contribution in [-0.4, -0.2) is 27.0 Å². The number of rotatable bonds is 4. The van der Waals surface area contributed by atoms with Crippen molar-refractivity contribution in [2.24, 2.45) is 0 Å². The molecule has 0 atom stereocenters. The third kappa shape index (κ3) is 3.08. The van der Waals surface area contributed by atoms with Gasteiger partial charge in [-0.2, -0.15) is 21.6 Å². The molecule has 0 N–H and O–H groups in total. The molecule has 1 rings (SSSR count). The van der Waals surface area contributed by atoms with Crippen molar-refractivity contribution in [3.63, 3.8) is 0 Å². The fraction of sp³-hybridized carbons (Fsp3) is 0.222. The molecule has 0 bridgehead atoms. The van der Waals surface area contributed by atoms with Gasteiger partial charge in [0.15, 0.2) is 11.5 Å².